The van der Waals surface area contributed by atoms with Crippen molar-refractivity contribution in [2.45, 2.75) is 6.92 Å². The first-order chi connectivity index (χ1) is 14.1. The molecule has 1 amide bonds. The number of anilines is 1. The van der Waals surface area contributed by atoms with Crippen LogP contribution in [0.5, 0.6) is 11.5 Å². The second kappa shape index (κ2) is 9.71. The van der Waals surface area contributed by atoms with Gasteiger partial charge in [0.05, 0.1) is 12.0 Å². The molecular weight excluding hydrogens is 386 g/mol. The number of para-hydroxylation sites is 1. The van der Waals surface area contributed by atoms with E-state index in [1.165, 1.54) is 24.5 Å². The van der Waals surface area contributed by atoms with Gasteiger partial charge in [-0.1, -0.05) is 36.4 Å². The molecule has 5 nitrogen and oxygen atoms in total. The fraction of sp³-hybridized carbons (Fsp3) is 0.130. The maximum absolute atomic E-state index is 12.2. The molecule has 0 saturated carbocycles. The Bertz CT molecular complexity index is 1030. The molecule has 0 fully saturated rings. The Morgan fingerprint density at radius 3 is 2.62 bits per heavy atom. The van der Waals surface area contributed by atoms with Crippen molar-refractivity contribution >= 4 is 34.8 Å². The van der Waals surface area contributed by atoms with Crippen molar-refractivity contribution in [3.63, 3.8) is 0 Å². The van der Waals surface area contributed by atoms with Crippen LogP contribution in [0.2, 0.25) is 0 Å². The van der Waals surface area contributed by atoms with Crippen LogP contribution in [0.15, 0.2) is 66.1 Å². The van der Waals surface area contributed by atoms with Gasteiger partial charge in [0, 0.05) is 5.69 Å². The van der Waals surface area contributed by atoms with Crippen LogP contribution in [-0.2, 0) is 4.79 Å². The van der Waals surface area contributed by atoms with Crippen molar-refractivity contribution in [2.24, 2.45) is 0 Å². The molecule has 0 spiro atoms. The molecule has 29 heavy (non-hydrogen) atoms. The van der Waals surface area contributed by atoms with E-state index >= 15 is 0 Å². The predicted octanol–water partition coefficient (Wildman–Crippen LogP) is 4.98. The Kier molecular flexibility index (Phi) is 6.81. The van der Waals surface area contributed by atoms with Crippen molar-refractivity contribution in [1.82, 2.24) is 0 Å². The lowest BCUT2D eigenvalue weighted by molar-refractivity contribution is -0.118. The molecule has 2 aromatic carbocycles. The zero-order valence-corrected chi connectivity index (χ0v) is 17.0. The third-order valence-electron chi connectivity index (χ3n) is 4.16. The Morgan fingerprint density at radius 1 is 1.07 bits per heavy atom. The number of nitrogens with one attached hydrogen (secondary N) is 1. The molecule has 0 aliphatic carbocycles. The van der Waals surface area contributed by atoms with Gasteiger partial charge in [-0.15, -0.1) is 11.3 Å². The van der Waals surface area contributed by atoms with Crippen molar-refractivity contribution in [3.05, 3.63) is 82.1 Å². The average molecular weight is 407 g/mol. The molecule has 1 aromatic heterocycles. The molecule has 0 unspecified atom stereocenters. The number of rotatable bonds is 8. The lowest BCUT2D eigenvalue weighted by atomic mass is 10.1. The number of carbonyl (C=O) groups excluding carboxylic acids is 2. The van der Waals surface area contributed by atoms with Gasteiger partial charge >= 0.3 is 0 Å². The molecule has 148 valence electrons. The van der Waals surface area contributed by atoms with E-state index in [0.29, 0.717) is 16.4 Å². The SMILES string of the molecule is COc1cc(/C=C/C(=O)c2cccs2)ccc1OCC(=O)Nc1ccccc1C. The van der Waals surface area contributed by atoms with Gasteiger partial charge in [-0.05, 0) is 53.8 Å². The van der Waals surface area contributed by atoms with Crippen molar-refractivity contribution in [2.75, 3.05) is 19.0 Å². The molecule has 1 heterocycles. The monoisotopic (exact) mass is 407 g/mol. The average Bonchev–Trinajstić information content (AvgIpc) is 3.27. The molecule has 1 N–H and O–H groups in total. The van der Waals surface area contributed by atoms with E-state index in [0.717, 1.165) is 16.8 Å². The van der Waals surface area contributed by atoms with Crippen molar-refractivity contribution < 1.29 is 19.1 Å². The van der Waals surface area contributed by atoms with Crippen LogP contribution < -0.4 is 14.8 Å². The predicted molar refractivity (Wildman–Crippen MR) is 116 cm³/mol. The fourth-order valence-electron chi connectivity index (χ4n) is 2.62. The van der Waals surface area contributed by atoms with Gasteiger partial charge in [0.25, 0.3) is 5.91 Å². The second-order valence-electron chi connectivity index (χ2n) is 6.24. The van der Waals surface area contributed by atoms with Crippen LogP contribution in [-0.4, -0.2) is 25.4 Å². The number of benzene rings is 2. The second-order valence-corrected chi connectivity index (χ2v) is 7.18. The van der Waals surface area contributed by atoms with E-state index < -0.39 is 0 Å². The number of ether oxygens (including phenoxy) is 2. The molecule has 0 bridgehead atoms. The van der Waals surface area contributed by atoms with E-state index in [1.807, 2.05) is 42.6 Å². The molecule has 0 atom stereocenters. The summed E-state index contributed by atoms with van der Waals surface area (Å²) < 4.78 is 11.0. The maximum atomic E-state index is 12.2. The minimum Gasteiger partial charge on any atom is -0.493 e. The summed E-state index contributed by atoms with van der Waals surface area (Å²) in [5.41, 5.74) is 2.53. The van der Waals surface area contributed by atoms with E-state index in [4.69, 9.17) is 9.47 Å². The van der Waals surface area contributed by atoms with Crippen LogP contribution in [0, 0.1) is 6.92 Å². The highest BCUT2D eigenvalue weighted by Crippen LogP contribution is 2.28. The number of allylic oxidation sites excluding steroid dienone is 1. The Hall–Kier alpha value is -3.38. The first-order valence-corrected chi connectivity index (χ1v) is 9.87. The quantitative estimate of drug-likeness (QED) is 0.423. The first-order valence-electron chi connectivity index (χ1n) is 8.99. The normalized spacial score (nSPS) is 10.7. The molecule has 0 aliphatic rings. The van der Waals surface area contributed by atoms with Gasteiger partial charge in [-0.2, -0.15) is 0 Å². The Labute approximate surface area is 173 Å². The number of hydrogen-bond acceptors (Lipinski definition) is 5. The molecule has 3 rings (SSSR count). The molecule has 6 heteroatoms. The summed E-state index contributed by atoms with van der Waals surface area (Å²) in [7, 11) is 1.53. The van der Waals surface area contributed by atoms with Crippen LogP contribution in [0.4, 0.5) is 5.69 Å². The number of hydrogen-bond donors (Lipinski definition) is 1. The van der Waals surface area contributed by atoms with Gasteiger partial charge in [0.1, 0.15) is 0 Å². The highest BCUT2D eigenvalue weighted by molar-refractivity contribution is 7.12. The van der Waals surface area contributed by atoms with Gasteiger partial charge in [0.15, 0.2) is 23.9 Å². The highest BCUT2D eigenvalue weighted by Gasteiger charge is 2.10. The van der Waals surface area contributed by atoms with E-state index in [-0.39, 0.29) is 18.3 Å². The van der Waals surface area contributed by atoms with Gasteiger partial charge in [-0.25, -0.2) is 0 Å². The van der Waals surface area contributed by atoms with Crippen molar-refractivity contribution in [1.29, 1.82) is 0 Å². The summed E-state index contributed by atoms with van der Waals surface area (Å²) >= 11 is 1.40. The lowest BCUT2D eigenvalue weighted by Gasteiger charge is -2.12. The van der Waals surface area contributed by atoms with E-state index in [2.05, 4.69) is 5.32 Å². The van der Waals surface area contributed by atoms with E-state index in [1.54, 1.807) is 30.3 Å². The number of amides is 1. The number of aryl methyl sites for hydroxylation is 1. The first kappa shape index (κ1) is 20.4. The van der Waals surface area contributed by atoms with Crippen LogP contribution in [0.3, 0.4) is 0 Å². The van der Waals surface area contributed by atoms with Gasteiger partial charge < -0.3 is 14.8 Å². The third kappa shape index (κ3) is 5.56. The third-order valence-corrected chi connectivity index (χ3v) is 5.04. The molecule has 0 aliphatic heterocycles. The standard InChI is InChI=1S/C23H21NO4S/c1-16-6-3-4-7-18(16)24-23(26)15-28-20-12-10-17(14-21(20)27-2)9-11-19(25)22-8-5-13-29-22/h3-14H,15H2,1-2H3,(H,24,26)/b11-9+. The van der Waals surface area contributed by atoms with Crippen LogP contribution in [0.1, 0.15) is 20.8 Å². The number of methoxy groups -OCH3 is 1. The van der Waals surface area contributed by atoms with Crippen LogP contribution in [0.25, 0.3) is 6.08 Å². The zero-order valence-electron chi connectivity index (χ0n) is 16.2. The number of carbonyl (C=O) groups is 2. The summed E-state index contributed by atoms with van der Waals surface area (Å²) in [6.07, 6.45) is 3.25. The Balaban J connectivity index is 1.62. The van der Waals surface area contributed by atoms with Gasteiger partial charge in [0.2, 0.25) is 0 Å². The molecule has 0 radical (unpaired) electrons. The minimum absolute atomic E-state index is 0.0489. The lowest BCUT2D eigenvalue weighted by Crippen LogP contribution is -2.20. The smallest absolute Gasteiger partial charge is 0.262 e. The van der Waals surface area contributed by atoms with Crippen LogP contribution >= 0.6 is 11.3 Å². The summed E-state index contributed by atoms with van der Waals surface area (Å²) in [6, 6.07) is 16.4. The summed E-state index contributed by atoms with van der Waals surface area (Å²) in [6.45, 7) is 1.78. The minimum atomic E-state index is -0.258. The largest absolute Gasteiger partial charge is 0.493 e. The summed E-state index contributed by atoms with van der Waals surface area (Å²) in [4.78, 5) is 24.9. The molecular formula is C23H21NO4S. The zero-order chi connectivity index (χ0) is 20.6. The maximum Gasteiger partial charge on any atom is 0.262 e. The molecule has 0 saturated heterocycles. The summed E-state index contributed by atoms with van der Waals surface area (Å²) in [5, 5.41) is 4.69. The fourth-order valence-corrected chi connectivity index (χ4v) is 3.27. The van der Waals surface area contributed by atoms with Gasteiger partial charge in [-0.3, -0.25) is 9.59 Å². The Morgan fingerprint density at radius 2 is 1.90 bits per heavy atom. The highest BCUT2D eigenvalue weighted by atomic mass is 32.1. The topological polar surface area (TPSA) is 64.6 Å². The summed E-state index contributed by atoms with van der Waals surface area (Å²) in [5.74, 6) is 0.632. The van der Waals surface area contributed by atoms with Crippen molar-refractivity contribution in [3.8, 4) is 11.5 Å². The number of ketones is 1. The number of thiophene rings is 1. The molecule has 3 aromatic rings. The van der Waals surface area contributed by atoms with E-state index in [9.17, 15) is 9.59 Å².